The lowest BCUT2D eigenvalue weighted by Gasteiger charge is -2.28. The van der Waals surface area contributed by atoms with Crippen molar-refractivity contribution in [3.63, 3.8) is 0 Å². The normalized spacial score (nSPS) is 14.4. The minimum absolute atomic E-state index is 0.0635. The molecular weight excluding hydrogens is 473 g/mol. The van der Waals surface area contributed by atoms with Gasteiger partial charge in [0.05, 0.1) is 10.5 Å². The van der Waals surface area contributed by atoms with Gasteiger partial charge in [-0.1, -0.05) is 12.1 Å². The van der Waals surface area contributed by atoms with Gasteiger partial charge < -0.3 is 16.4 Å². The summed E-state index contributed by atoms with van der Waals surface area (Å²) in [5, 5.41) is 0. The number of carbonyl (C=O) groups excluding carboxylic acids is 2. The van der Waals surface area contributed by atoms with Crippen LogP contribution in [-0.2, 0) is 16.0 Å². The number of rotatable bonds is 4. The van der Waals surface area contributed by atoms with Gasteiger partial charge in [0.25, 0.3) is 11.8 Å². The van der Waals surface area contributed by atoms with Crippen molar-refractivity contribution in [3.05, 3.63) is 70.8 Å². The van der Waals surface area contributed by atoms with E-state index in [0.717, 1.165) is 6.26 Å². The standard InChI is InChI=1S/C22H21F3N4O4S/c1-34(32,33)16-5-2-14(3-6-16)20(31)29-10-8-13(9-11-29)17-7-4-15(19(30)28-21(26)27)12-18(17)22(23,24)25/h2-8,12H,9-11H2,1H3,(H4,26,27,28,30). The van der Waals surface area contributed by atoms with Crippen molar-refractivity contribution in [1.29, 1.82) is 0 Å². The molecule has 0 bridgehead atoms. The fraction of sp³-hybridized carbons (Fsp3) is 0.227. The Bertz CT molecular complexity index is 1300. The minimum Gasteiger partial charge on any atom is -0.370 e. The van der Waals surface area contributed by atoms with Gasteiger partial charge in [0.15, 0.2) is 15.8 Å². The van der Waals surface area contributed by atoms with Crippen LogP contribution in [0.3, 0.4) is 0 Å². The molecule has 0 aliphatic carbocycles. The Kier molecular flexibility index (Phi) is 6.82. The van der Waals surface area contributed by atoms with Gasteiger partial charge in [0.2, 0.25) is 0 Å². The van der Waals surface area contributed by atoms with Crippen LogP contribution >= 0.6 is 0 Å². The predicted octanol–water partition coefficient (Wildman–Crippen LogP) is 2.45. The maximum Gasteiger partial charge on any atom is 0.417 e. The van der Waals surface area contributed by atoms with Crippen LogP contribution in [0.2, 0.25) is 0 Å². The van der Waals surface area contributed by atoms with Gasteiger partial charge in [-0.25, -0.2) is 8.42 Å². The zero-order valence-corrected chi connectivity index (χ0v) is 18.8. The molecule has 8 nitrogen and oxygen atoms in total. The first kappa shape index (κ1) is 25.0. The van der Waals surface area contributed by atoms with Crippen molar-refractivity contribution in [2.75, 3.05) is 19.3 Å². The van der Waals surface area contributed by atoms with Crippen molar-refractivity contribution in [2.24, 2.45) is 16.5 Å². The molecule has 1 aliphatic rings. The highest BCUT2D eigenvalue weighted by Crippen LogP contribution is 2.37. The summed E-state index contributed by atoms with van der Waals surface area (Å²) in [5.74, 6) is -1.92. The summed E-state index contributed by atoms with van der Waals surface area (Å²) in [6.07, 6.45) is -2.01. The summed E-state index contributed by atoms with van der Waals surface area (Å²) in [5.41, 5.74) is 9.48. The number of halogens is 3. The molecule has 4 N–H and O–H groups in total. The van der Waals surface area contributed by atoms with E-state index in [1.807, 2.05) is 0 Å². The molecule has 0 saturated carbocycles. The van der Waals surface area contributed by atoms with Crippen molar-refractivity contribution in [2.45, 2.75) is 17.5 Å². The van der Waals surface area contributed by atoms with Gasteiger partial charge in [0, 0.05) is 30.5 Å². The zero-order chi connectivity index (χ0) is 25.3. The zero-order valence-electron chi connectivity index (χ0n) is 18.0. The first-order valence-electron chi connectivity index (χ1n) is 9.91. The maximum atomic E-state index is 13.7. The fourth-order valence-corrected chi connectivity index (χ4v) is 4.13. The number of hydrogen-bond acceptors (Lipinski definition) is 4. The molecule has 1 aliphatic heterocycles. The largest absolute Gasteiger partial charge is 0.417 e. The average Bonchev–Trinajstić information content (AvgIpc) is 2.77. The molecule has 2 aromatic carbocycles. The summed E-state index contributed by atoms with van der Waals surface area (Å²) in [4.78, 5) is 29.5. The van der Waals surface area contributed by atoms with Gasteiger partial charge in [-0.2, -0.15) is 18.2 Å². The number of aliphatic imine (C=N–C) groups is 1. The summed E-state index contributed by atoms with van der Waals surface area (Å²) < 4.78 is 64.3. The van der Waals surface area contributed by atoms with Gasteiger partial charge in [-0.15, -0.1) is 0 Å². The SMILES string of the molecule is CS(=O)(=O)c1ccc(C(=O)N2CC=C(c3ccc(C(=O)N=C(N)N)cc3C(F)(F)F)CC2)cc1. The lowest BCUT2D eigenvalue weighted by molar-refractivity contribution is -0.137. The van der Waals surface area contributed by atoms with E-state index >= 15 is 0 Å². The fourth-order valence-electron chi connectivity index (χ4n) is 3.50. The molecular formula is C22H21F3N4O4S. The molecule has 180 valence electrons. The van der Waals surface area contributed by atoms with Gasteiger partial charge in [-0.05, 0) is 54.0 Å². The highest BCUT2D eigenvalue weighted by molar-refractivity contribution is 7.90. The Balaban J connectivity index is 1.85. The van der Waals surface area contributed by atoms with Gasteiger partial charge in [0.1, 0.15) is 0 Å². The van der Waals surface area contributed by atoms with E-state index in [4.69, 9.17) is 11.5 Å². The number of nitrogens with zero attached hydrogens (tertiary/aromatic N) is 2. The second-order valence-electron chi connectivity index (χ2n) is 7.63. The lowest BCUT2D eigenvalue weighted by atomic mass is 9.92. The number of amides is 2. The summed E-state index contributed by atoms with van der Waals surface area (Å²) in [6.45, 7) is 0.221. The topological polar surface area (TPSA) is 136 Å². The van der Waals surface area contributed by atoms with Crippen LogP contribution in [0.25, 0.3) is 5.57 Å². The highest BCUT2D eigenvalue weighted by atomic mass is 32.2. The number of guanidine groups is 1. The molecule has 0 aromatic heterocycles. The summed E-state index contributed by atoms with van der Waals surface area (Å²) >= 11 is 0. The number of benzene rings is 2. The molecule has 0 fully saturated rings. The number of hydrogen-bond donors (Lipinski definition) is 2. The van der Waals surface area contributed by atoms with Crippen molar-refractivity contribution in [1.82, 2.24) is 4.90 Å². The smallest absolute Gasteiger partial charge is 0.370 e. The van der Waals surface area contributed by atoms with Crippen LogP contribution in [0.5, 0.6) is 0 Å². The molecule has 0 spiro atoms. The number of sulfone groups is 1. The molecule has 0 atom stereocenters. The van der Waals surface area contributed by atoms with Crippen molar-refractivity contribution < 1.29 is 31.2 Å². The monoisotopic (exact) mass is 494 g/mol. The van der Waals surface area contributed by atoms with Crippen LogP contribution in [0.15, 0.2) is 58.4 Å². The molecule has 12 heteroatoms. The van der Waals surface area contributed by atoms with Crippen molar-refractivity contribution in [3.8, 4) is 0 Å². The van der Waals surface area contributed by atoms with Crippen LogP contribution < -0.4 is 11.5 Å². The second-order valence-corrected chi connectivity index (χ2v) is 9.64. The van der Waals surface area contributed by atoms with E-state index in [-0.39, 0.29) is 47.0 Å². The molecule has 2 amide bonds. The third-order valence-corrected chi connectivity index (χ3v) is 6.30. The van der Waals surface area contributed by atoms with Crippen LogP contribution in [0, 0.1) is 0 Å². The number of nitrogens with two attached hydrogens (primary N) is 2. The van der Waals surface area contributed by atoms with Crippen LogP contribution in [0.4, 0.5) is 13.2 Å². The van der Waals surface area contributed by atoms with E-state index in [9.17, 15) is 31.2 Å². The third-order valence-electron chi connectivity index (χ3n) is 5.17. The summed E-state index contributed by atoms with van der Waals surface area (Å²) in [7, 11) is -3.41. The second kappa shape index (κ2) is 9.29. The lowest BCUT2D eigenvalue weighted by Crippen LogP contribution is -2.34. The maximum absolute atomic E-state index is 13.7. The van der Waals surface area contributed by atoms with Gasteiger partial charge in [-0.3, -0.25) is 9.59 Å². The Morgan fingerprint density at radius 2 is 1.65 bits per heavy atom. The Morgan fingerprint density at radius 3 is 2.15 bits per heavy atom. The molecule has 1 heterocycles. The quantitative estimate of drug-likeness (QED) is 0.495. The molecule has 2 aromatic rings. The predicted molar refractivity (Wildman–Crippen MR) is 120 cm³/mol. The molecule has 34 heavy (non-hydrogen) atoms. The van der Waals surface area contributed by atoms with Crippen LogP contribution in [-0.4, -0.2) is 50.4 Å². The number of alkyl halides is 3. The van der Waals surface area contributed by atoms with Crippen LogP contribution in [0.1, 0.15) is 38.3 Å². The Hall–Kier alpha value is -3.67. The average molecular weight is 494 g/mol. The third kappa shape index (κ3) is 5.63. The first-order chi connectivity index (χ1) is 15.8. The van der Waals surface area contributed by atoms with E-state index in [1.165, 1.54) is 47.4 Å². The summed E-state index contributed by atoms with van der Waals surface area (Å²) in [6, 6.07) is 8.54. The van der Waals surface area contributed by atoms with E-state index in [0.29, 0.717) is 11.6 Å². The van der Waals surface area contributed by atoms with E-state index in [1.54, 1.807) is 0 Å². The Labute approximate surface area is 193 Å². The first-order valence-corrected chi connectivity index (χ1v) is 11.8. The highest BCUT2D eigenvalue weighted by Gasteiger charge is 2.35. The molecule has 3 rings (SSSR count). The molecule has 0 unspecified atom stereocenters. The van der Waals surface area contributed by atoms with Gasteiger partial charge >= 0.3 is 6.18 Å². The number of carbonyl (C=O) groups is 2. The van der Waals surface area contributed by atoms with E-state index < -0.39 is 33.4 Å². The Morgan fingerprint density at radius 1 is 1.03 bits per heavy atom. The van der Waals surface area contributed by atoms with Crippen molar-refractivity contribution >= 4 is 33.2 Å². The minimum atomic E-state index is -4.74. The molecule has 0 radical (unpaired) electrons. The van der Waals surface area contributed by atoms with E-state index in [2.05, 4.69) is 4.99 Å². The molecule has 0 saturated heterocycles.